The summed E-state index contributed by atoms with van der Waals surface area (Å²) >= 11 is 0. The van der Waals surface area contributed by atoms with Gasteiger partial charge in [-0.2, -0.15) is 43.5 Å². The van der Waals surface area contributed by atoms with Crippen LogP contribution in [-0.2, 0) is 10.1 Å². The van der Waals surface area contributed by atoms with E-state index >= 15 is 0 Å². The Morgan fingerprint density at radius 3 is 1.56 bits per heavy atom. The second-order valence-electron chi connectivity index (χ2n) is 5.36. The molecule has 0 amide bonds. The van der Waals surface area contributed by atoms with Gasteiger partial charge >= 0.3 is 33.1 Å². The lowest BCUT2D eigenvalue weighted by molar-refractivity contribution is -0.349. The molecule has 154 valence electrons. The summed E-state index contributed by atoms with van der Waals surface area (Å²) in [6.07, 6.45) is 0.0634. The van der Waals surface area contributed by atoms with Crippen LogP contribution < -0.4 is 6.15 Å². The zero-order valence-corrected chi connectivity index (χ0v) is 14.2. The molecule has 0 saturated carbocycles. The van der Waals surface area contributed by atoms with Crippen molar-refractivity contribution >= 4 is 10.1 Å². The van der Waals surface area contributed by atoms with Gasteiger partial charge in [0.05, 0.1) is 0 Å². The number of hydrogen-bond acceptors (Lipinski definition) is 3. The van der Waals surface area contributed by atoms with Crippen LogP contribution in [0, 0.1) is 0 Å². The van der Waals surface area contributed by atoms with Gasteiger partial charge in [-0.3, -0.25) is 4.55 Å². The molecule has 0 aliphatic rings. The minimum Gasteiger partial charge on any atom is -0.344 e. The van der Waals surface area contributed by atoms with Crippen LogP contribution in [0.25, 0.3) is 0 Å². The van der Waals surface area contributed by atoms with E-state index in [0.717, 1.165) is 12.8 Å². The summed E-state index contributed by atoms with van der Waals surface area (Å²) < 4.78 is 134. The lowest BCUT2D eigenvalue weighted by Gasteiger charge is -2.35. The number of rotatable bonds is 11. The van der Waals surface area contributed by atoms with Gasteiger partial charge in [-0.1, -0.05) is 39.0 Å². The van der Waals surface area contributed by atoms with E-state index < -0.39 is 46.0 Å². The fourth-order valence-electron chi connectivity index (χ4n) is 1.86. The number of alkyl halides is 8. The van der Waals surface area contributed by atoms with Crippen molar-refractivity contribution in [3.8, 4) is 0 Å². The van der Waals surface area contributed by atoms with Crippen molar-refractivity contribution in [3.63, 3.8) is 0 Å². The van der Waals surface area contributed by atoms with Crippen LogP contribution in [0.4, 0.5) is 35.1 Å². The minimum atomic E-state index is -7.04. The highest BCUT2D eigenvalue weighted by Crippen LogP contribution is 2.55. The molecule has 0 rings (SSSR count). The summed E-state index contributed by atoms with van der Waals surface area (Å²) in [5.41, 5.74) is 0. The topological polar surface area (TPSA) is 89.4 Å². The Labute approximate surface area is 140 Å². The van der Waals surface area contributed by atoms with E-state index in [2.05, 4.69) is 0 Å². The van der Waals surface area contributed by atoms with Crippen LogP contribution in [0.15, 0.2) is 0 Å². The van der Waals surface area contributed by atoms with Gasteiger partial charge < -0.3 is 6.15 Å². The van der Waals surface area contributed by atoms with Crippen LogP contribution in [0.2, 0.25) is 0 Å². The SMILES string of the molecule is CCCCCCCCC(F)(F)C(F)(F)C(F)(F)C(F)(F)S(=O)(=O)O.N. The predicted octanol–water partition coefficient (Wildman–Crippen LogP) is 5.29. The first-order valence-corrected chi connectivity index (χ1v) is 8.48. The molecule has 13 heteroatoms. The van der Waals surface area contributed by atoms with Crippen molar-refractivity contribution in [1.82, 2.24) is 6.15 Å². The Balaban J connectivity index is 0. The van der Waals surface area contributed by atoms with Crippen LogP contribution >= 0.6 is 0 Å². The summed E-state index contributed by atoms with van der Waals surface area (Å²) in [5.74, 6) is -19.3. The van der Waals surface area contributed by atoms with Crippen molar-refractivity contribution < 1.29 is 48.1 Å². The molecule has 0 aliphatic carbocycles. The molecular weight excluding hydrogens is 390 g/mol. The first kappa shape index (κ1) is 26.5. The third-order valence-corrected chi connectivity index (χ3v) is 4.29. The molecule has 0 heterocycles. The Morgan fingerprint density at radius 2 is 1.16 bits per heavy atom. The van der Waals surface area contributed by atoms with E-state index in [-0.39, 0.29) is 12.6 Å². The first-order valence-electron chi connectivity index (χ1n) is 7.04. The average molecular weight is 411 g/mol. The van der Waals surface area contributed by atoms with Crippen LogP contribution in [0.3, 0.4) is 0 Å². The van der Waals surface area contributed by atoms with Gasteiger partial charge in [0.1, 0.15) is 0 Å². The number of unbranched alkanes of at least 4 members (excludes halogenated alkanes) is 5. The fourth-order valence-corrected chi connectivity index (χ4v) is 2.31. The third-order valence-electron chi connectivity index (χ3n) is 3.39. The molecule has 4 nitrogen and oxygen atoms in total. The molecule has 0 spiro atoms. The second-order valence-corrected chi connectivity index (χ2v) is 6.83. The normalized spacial score (nSPS) is 14.3. The molecule has 0 aromatic heterocycles. The van der Waals surface area contributed by atoms with Gasteiger partial charge in [0, 0.05) is 6.42 Å². The van der Waals surface area contributed by atoms with E-state index in [4.69, 9.17) is 4.55 Å². The molecule has 0 radical (unpaired) electrons. The number of halogens is 8. The largest absolute Gasteiger partial charge is 0.438 e. The van der Waals surface area contributed by atoms with Crippen molar-refractivity contribution in [2.24, 2.45) is 0 Å². The maximum atomic E-state index is 13.4. The summed E-state index contributed by atoms with van der Waals surface area (Å²) in [7, 11) is -7.04. The van der Waals surface area contributed by atoms with Crippen LogP contribution in [0.5, 0.6) is 0 Å². The van der Waals surface area contributed by atoms with Crippen molar-refractivity contribution in [1.29, 1.82) is 0 Å². The van der Waals surface area contributed by atoms with Crippen molar-refractivity contribution in [3.05, 3.63) is 0 Å². The molecule has 0 aromatic rings. The molecule has 0 atom stereocenters. The van der Waals surface area contributed by atoms with Gasteiger partial charge in [-0.25, -0.2) is 0 Å². The van der Waals surface area contributed by atoms with Crippen LogP contribution in [0.1, 0.15) is 51.9 Å². The molecule has 25 heavy (non-hydrogen) atoms. The van der Waals surface area contributed by atoms with Gasteiger partial charge in [0.25, 0.3) is 0 Å². The lowest BCUT2D eigenvalue weighted by atomic mass is 9.98. The van der Waals surface area contributed by atoms with Gasteiger partial charge in [-0.15, -0.1) is 0 Å². The van der Waals surface area contributed by atoms with Crippen molar-refractivity contribution in [2.75, 3.05) is 0 Å². The highest BCUT2D eigenvalue weighted by Gasteiger charge is 2.84. The molecule has 0 aromatic carbocycles. The average Bonchev–Trinajstić information content (AvgIpc) is 2.40. The zero-order chi connectivity index (χ0) is 19.4. The smallest absolute Gasteiger partial charge is 0.344 e. The molecular formula is C12H21F8NO3S. The fraction of sp³-hybridized carbons (Fsp3) is 1.00. The quantitative estimate of drug-likeness (QED) is 0.275. The molecule has 4 N–H and O–H groups in total. The van der Waals surface area contributed by atoms with E-state index in [9.17, 15) is 43.5 Å². The van der Waals surface area contributed by atoms with Gasteiger partial charge in [0.2, 0.25) is 0 Å². The summed E-state index contributed by atoms with van der Waals surface area (Å²) in [6, 6.07) is 0. The first-order chi connectivity index (χ1) is 10.6. The van der Waals surface area contributed by atoms with E-state index in [1.807, 2.05) is 6.92 Å². The van der Waals surface area contributed by atoms with Gasteiger partial charge in [-0.05, 0) is 6.42 Å². The van der Waals surface area contributed by atoms with Crippen molar-refractivity contribution in [2.45, 2.75) is 74.9 Å². The highest BCUT2D eigenvalue weighted by molar-refractivity contribution is 7.87. The zero-order valence-electron chi connectivity index (χ0n) is 13.4. The Hall–Kier alpha value is -0.690. The molecule has 0 fully saturated rings. The summed E-state index contributed by atoms with van der Waals surface area (Å²) in [6.45, 7) is 1.85. The standard InChI is InChI=1S/C12H18F8O3S.H3N/c1-2-3-4-5-6-7-8-9(13,14)10(15,16)11(17,18)12(19,20)24(21,22)23;/h2-8H2,1H3,(H,21,22,23);1H3. The highest BCUT2D eigenvalue weighted by atomic mass is 32.2. The predicted molar refractivity (Wildman–Crippen MR) is 74.4 cm³/mol. The number of hydrogen-bond donors (Lipinski definition) is 2. The van der Waals surface area contributed by atoms with E-state index in [1.54, 1.807) is 0 Å². The monoisotopic (exact) mass is 411 g/mol. The van der Waals surface area contributed by atoms with Crippen LogP contribution in [-0.4, -0.2) is 36.0 Å². The molecule has 0 aliphatic heterocycles. The maximum Gasteiger partial charge on any atom is 0.438 e. The Kier molecular flexibility index (Phi) is 9.34. The maximum absolute atomic E-state index is 13.4. The minimum absolute atomic E-state index is 0. The van der Waals surface area contributed by atoms with E-state index in [1.165, 1.54) is 0 Å². The molecule has 0 saturated heterocycles. The molecule has 0 unspecified atom stereocenters. The summed E-state index contributed by atoms with van der Waals surface area (Å²) in [5, 5.41) is -6.77. The van der Waals surface area contributed by atoms with Gasteiger partial charge in [0.15, 0.2) is 0 Å². The second kappa shape index (κ2) is 8.80. The lowest BCUT2D eigenvalue weighted by Crippen LogP contribution is -2.64. The van der Waals surface area contributed by atoms with E-state index in [0.29, 0.717) is 12.8 Å². The Bertz CT molecular complexity index is 510. The Morgan fingerprint density at radius 1 is 0.760 bits per heavy atom. The summed E-state index contributed by atoms with van der Waals surface area (Å²) in [4.78, 5) is 0. The molecule has 0 bridgehead atoms. The third kappa shape index (κ3) is 5.39.